The van der Waals surface area contributed by atoms with Gasteiger partial charge in [-0.05, 0) is 47.6 Å². The zero-order valence-electron chi connectivity index (χ0n) is 18.3. The molecule has 0 aliphatic rings. The fourth-order valence-corrected chi connectivity index (χ4v) is 3.38. The van der Waals surface area contributed by atoms with Gasteiger partial charge in [0.1, 0.15) is 11.1 Å². The first-order chi connectivity index (χ1) is 15.0. The molecule has 0 saturated carbocycles. The van der Waals surface area contributed by atoms with Crippen LogP contribution in [0.25, 0.3) is 22.5 Å². The fourth-order valence-electron chi connectivity index (χ4n) is 3.15. The Labute approximate surface area is 189 Å². The average Bonchev–Trinajstić information content (AvgIpc) is 2.82. The van der Waals surface area contributed by atoms with Crippen molar-refractivity contribution in [1.82, 2.24) is 9.97 Å². The van der Waals surface area contributed by atoms with Crippen LogP contribution in [-0.4, -0.2) is 21.3 Å². The molecule has 0 aliphatic heterocycles. The Bertz CT molecular complexity index is 970. The molecule has 2 atom stereocenters. The second-order valence-electron chi connectivity index (χ2n) is 7.83. The van der Waals surface area contributed by atoms with E-state index >= 15 is 0 Å². The summed E-state index contributed by atoms with van der Waals surface area (Å²) < 4.78 is 5.41. The minimum absolute atomic E-state index is 0.0727. The number of benzene rings is 2. The van der Waals surface area contributed by atoms with Gasteiger partial charge in [-0.25, -0.2) is 9.97 Å². The van der Waals surface area contributed by atoms with Crippen molar-refractivity contribution < 1.29 is 9.53 Å². The number of rotatable bonds is 9. The van der Waals surface area contributed by atoms with Crippen LogP contribution in [0.4, 0.5) is 0 Å². The van der Waals surface area contributed by atoms with Crippen LogP contribution in [0, 0.1) is 5.92 Å². The third-order valence-electron chi connectivity index (χ3n) is 5.44. The second kappa shape index (κ2) is 11.1. The number of carbonyl (C=O) groups excluding carboxylic acids is 1. The quantitative estimate of drug-likeness (QED) is 0.212. The maximum atomic E-state index is 12.1. The van der Waals surface area contributed by atoms with Crippen molar-refractivity contribution in [2.45, 2.75) is 51.8 Å². The number of hydrogen-bond acceptors (Lipinski definition) is 4. The van der Waals surface area contributed by atoms with Gasteiger partial charge in [0.25, 0.3) is 0 Å². The average molecular weight is 437 g/mol. The number of esters is 1. The number of ether oxygens (including phenoxy) is 1. The van der Waals surface area contributed by atoms with Crippen LogP contribution in [-0.2, 0) is 11.2 Å². The van der Waals surface area contributed by atoms with Crippen LogP contribution < -0.4 is 4.74 Å². The van der Waals surface area contributed by atoms with Gasteiger partial charge < -0.3 is 4.74 Å². The molecule has 4 nitrogen and oxygen atoms in total. The Morgan fingerprint density at radius 3 is 2.03 bits per heavy atom. The minimum Gasteiger partial charge on any atom is -0.425 e. The molecule has 0 bridgehead atoms. The van der Waals surface area contributed by atoms with Crippen LogP contribution in [0.5, 0.6) is 5.75 Å². The second-order valence-corrected chi connectivity index (χ2v) is 8.30. The summed E-state index contributed by atoms with van der Waals surface area (Å²) in [5.41, 5.74) is 4.25. The highest BCUT2D eigenvalue weighted by Crippen LogP contribution is 2.26. The summed E-state index contributed by atoms with van der Waals surface area (Å²) in [6.45, 7) is 6.12. The van der Waals surface area contributed by atoms with E-state index in [1.54, 1.807) is 12.1 Å². The topological polar surface area (TPSA) is 52.1 Å². The maximum absolute atomic E-state index is 12.1. The SMILES string of the molecule is CCCCc1cnc(-c2ccc(-c3ccc(OC(=O)C(Cl)C(C)CC)cc3)cc2)nc1. The molecule has 0 aliphatic carbocycles. The molecule has 0 fully saturated rings. The smallest absolute Gasteiger partial charge is 0.329 e. The lowest BCUT2D eigenvalue weighted by Crippen LogP contribution is -2.26. The van der Waals surface area contributed by atoms with Crippen molar-refractivity contribution in [2.24, 2.45) is 5.92 Å². The van der Waals surface area contributed by atoms with E-state index in [-0.39, 0.29) is 5.92 Å². The van der Waals surface area contributed by atoms with E-state index in [1.807, 2.05) is 62.6 Å². The highest BCUT2D eigenvalue weighted by atomic mass is 35.5. The van der Waals surface area contributed by atoms with Crippen LogP contribution >= 0.6 is 11.6 Å². The molecule has 0 amide bonds. The van der Waals surface area contributed by atoms with Crippen LogP contribution in [0.2, 0.25) is 0 Å². The van der Waals surface area contributed by atoms with Crippen molar-refractivity contribution in [1.29, 1.82) is 0 Å². The summed E-state index contributed by atoms with van der Waals surface area (Å²) >= 11 is 6.17. The van der Waals surface area contributed by atoms with Gasteiger partial charge in [0, 0.05) is 18.0 Å². The van der Waals surface area contributed by atoms with Crippen molar-refractivity contribution in [2.75, 3.05) is 0 Å². The molecule has 5 heteroatoms. The molecule has 1 aromatic heterocycles. The van der Waals surface area contributed by atoms with E-state index in [1.165, 1.54) is 5.56 Å². The van der Waals surface area contributed by atoms with E-state index in [9.17, 15) is 4.79 Å². The van der Waals surface area contributed by atoms with Gasteiger partial charge in [0.15, 0.2) is 5.82 Å². The Morgan fingerprint density at radius 2 is 1.48 bits per heavy atom. The van der Waals surface area contributed by atoms with E-state index in [2.05, 4.69) is 16.9 Å². The molecule has 1 heterocycles. The van der Waals surface area contributed by atoms with E-state index in [0.29, 0.717) is 5.75 Å². The minimum atomic E-state index is -0.639. The zero-order valence-corrected chi connectivity index (χ0v) is 19.1. The highest BCUT2D eigenvalue weighted by Gasteiger charge is 2.23. The van der Waals surface area contributed by atoms with E-state index in [0.717, 1.165) is 48.2 Å². The molecule has 2 unspecified atom stereocenters. The lowest BCUT2D eigenvalue weighted by molar-refractivity contribution is -0.134. The molecule has 2 aromatic carbocycles. The fraction of sp³-hybridized carbons (Fsp3) is 0.346. The Balaban J connectivity index is 1.65. The summed E-state index contributed by atoms with van der Waals surface area (Å²) in [6, 6.07) is 15.6. The molecule has 162 valence electrons. The van der Waals surface area contributed by atoms with Gasteiger partial charge in [-0.1, -0.05) is 70.0 Å². The molecule has 31 heavy (non-hydrogen) atoms. The van der Waals surface area contributed by atoms with Crippen LogP contribution in [0.1, 0.15) is 45.6 Å². The number of aryl methyl sites for hydroxylation is 1. The monoisotopic (exact) mass is 436 g/mol. The summed E-state index contributed by atoms with van der Waals surface area (Å²) in [5.74, 6) is 0.888. The van der Waals surface area contributed by atoms with Gasteiger partial charge >= 0.3 is 5.97 Å². The Kier molecular flexibility index (Phi) is 8.19. The molecule has 0 N–H and O–H groups in total. The molecular weight excluding hydrogens is 408 g/mol. The highest BCUT2D eigenvalue weighted by molar-refractivity contribution is 6.30. The molecular formula is C26H29ClN2O2. The number of unbranched alkanes of at least 4 members (excludes halogenated alkanes) is 1. The van der Waals surface area contributed by atoms with Gasteiger partial charge in [0.05, 0.1) is 0 Å². The first kappa shape index (κ1) is 23.0. The Hall–Kier alpha value is -2.72. The predicted molar refractivity (Wildman–Crippen MR) is 126 cm³/mol. The van der Waals surface area contributed by atoms with E-state index in [4.69, 9.17) is 16.3 Å². The van der Waals surface area contributed by atoms with Gasteiger partial charge in [-0.3, -0.25) is 4.79 Å². The number of halogens is 1. The van der Waals surface area contributed by atoms with Crippen molar-refractivity contribution in [3.8, 4) is 28.3 Å². The number of nitrogens with zero attached hydrogens (tertiary/aromatic N) is 2. The molecule has 3 rings (SSSR count). The molecule has 0 saturated heterocycles. The third kappa shape index (κ3) is 6.14. The van der Waals surface area contributed by atoms with Crippen molar-refractivity contribution in [3.63, 3.8) is 0 Å². The van der Waals surface area contributed by atoms with Crippen molar-refractivity contribution in [3.05, 3.63) is 66.5 Å². The van der Waals surface area contributed by atoms with E-state index < -0.39 is 11.3 Å². The van der Waals surface area contributed by atoms with Crippen LogP contribution in [0.15, 0.2) is 60.9 Å². The molecule has 0 radical (unpaired) electrons. The standard InChI is InChI=1S/C26H29ClN2O2/c1-4-6-7-19-16-28-25(29-17-19)22-10-8-20(9-11-22)21-12-14-23(15-13-21)31-26(30)24(27)18(3)5-2/h8-18,24H,4-7H2,1-3H3. The number of alkyl halides is 1. The lowest BCUT2D eigenvalue weighted by Gasteiger charge is -2.15. The van der Waals surface area contributed by atoms with Gasteiger partial charge in [-0.15, -0.1) is 11.6 Å². The molecule has 3 aromatic rings. The lowest BCUT2D eigenvalue weighted by atomic mass is 10.0. The summed E-state index contributed by atoms with van der Waals surface area (Å²) in [7, 11) is 0. The summed E-state index contributed by atoms with van der Waals surface area (Å²) in [6.07, 6.45) is 7.99. The predicted octanol–water partition coefficient (Wildman–Crippen LogP) is 6.71. The van der Waals surface area contributed by atoms with Crippen LogP contribution in [0.3, 0.4) is 0 Å². The van der Waals surface area contributed by atoms with Crippen molar-refractivity contribution >= 4 is 17.6 Å². The third-order valence-corrected chi connectivity index (χ3v) is 6.05. The van der Waals surface area contributed by atoms with Gasteiger partial charge in [0.2, 0.25) is 0 Å². The Morgan fingerprint density at radius 1 is 0.935 bits per heavy atom. The number of carbonyl (C=O) groups is 1. The normalized spacial score (nSPS) is 12.9. The first-order valence-electron chi connectivity index (χ1n) is 10.9. The summed E-state index contributed by atoms with van der Waals surface area (Å²) in [5, 5.41) is -0.639. The van der Waals surface area contributed by atoms with Gasteiger partial charge in [-0.2, -0.15) is 0 Å². The largest absolute Gasteiger partial charge is 0.425 e. The zero-order chi connectivity index (χ0) is 22.2. The maximum Gasteiger partial charge on any atom is 0.329 e. The molecule has 0 spiro atoms. The number of hydrogen-bond donors (Lipinski definition) is 0. The summed E-state index contributed by atoms with van der Waals surface area (Å²) in [4.78, 5) is 21.2. The first-order valence-corrected chi connectivity index (χ1v) is 11.3. The number of aromatic nitrogens is 2.